The van der Waals surface area contributed by atoms with Crippen molar-refractivity contribution in [1.29, 1.82) is 0 Å². The maximum atomic E-state index is 13.5. The lowest BCUT2D eigenvalue weighted by Gasteiger charge is -2.21. The summed E-state index contributed by atoms with van der Waals surface area (Å²) in [5.74, 6) is -0.305. The van der Waals surface area contributed by atoms with Crippen molar-refractivity contribution in [2.45, 2.75) is 19.0 Å². The van der Waals surface area contributed by atoms with E-state index in [-0.39, 0.29) is 11.5 Å². The monoisotopic (exact) mass is 580 g/mol. The Balaban J connectivity index is 1.46. The minimum Gasteiger partial charge on any atom is -0.350 e. The van der Waals surface area contributed by atoms with Crippen molar-refractivity contribution in [2.24, 2.45) is 0 Å². The van der Waals surface area contributed by atoms with E-state index >= 15 is 0 Å². The van der Waals surface area contributed by atoms with E-state index in [2.05, 4.69) is 21.3 Å². The highest BCUT2D eigenvalue weighted by molar-refractivity contribution is 6.31. The van der Waals surface area contributed by atoms with Crippen LogP contribution in [0.3, 0.4) is 0 Å². The Morgan fingerprint density at radius 1 is 0.923 bits per heavy atom. The molecule has 0 saturated carbocycles. The minimum absolute atomic E-state index is 0.292. The van der Waals surface area contributed by atoms with E-state index in [1.807, 2.05) is 42.5 Å². The molecule has 11 heteroatoms. The zero-order valence-corrected chi connectivity index (χ0v) is 22.7. The standard InChI is InChI=1S/C28H23Cl3N6O2/c29-20-8-6-19(7-9-20)15-32-28(39)25(12-18-4-2-1-3-5-18)36-17-33-23(14-27(36)38)22-13-21(30)10-11-24(22)37-16-26(31)34-35-37/h1-11,13-14,16-17,25,34-35H,12,15H2,(H,32,39)/t25-/m0/s1. The molecule has 3 N–H and O–H groups in total. The molecule has 1 aliphatic rings. The molecule has 4 aromatic rings. The third-order valence-corrected chi connectivity index (χ3v) is 6.84. The highest BCUT2D eigenvalue weighted by Crippen LogP contribution is 2.32. The fourth-order valence-electron chi connectivity index (χ4n) is 4.20. The number of aromatic nitrogens is 2. The lowest BCUT2D eigenvalue weighted by atomic mass is 10.0. The Morgan fingerprint density at radius 2 is 1.67 bits per heavy atom. The van der Waals surface area contributed by atoms with Crippen LogP contribution in [0.15, 0.2) is 101 Å². The number of nitrogens with zero attached hydrogens (tertiary/aromatic N) is 3. The molecule has 0 fully saturated rings. The van der Waals surface area contributed by atoms with E-state index in [1.165, 1.54) is 17.0 Å². The number of rotatable bonds is 8. The van der Waals surface area contributed by atoms with Crippen molar-refractivity contribution >= 4 is 46.4 Å². The first-order chi connectivity index (χ1) is 18.9. The van der Waals surface area contributed by atoms with Crippen molar-refractivity contribution < 1.29 is 4.79 Å². The molecule has 0 bridgehead atoms. The summed E-state index contributed by atoms with van der Waals surface area (Å²) >= 11 is 18.3. The van der Waals surface area contributed by atoms with Gasteiger partial charge in [0.15, 0.2) is 0 Å². The summed E-state index contributed by atoms with van der Waals surface area (Å²) in [7, 11) is 0. The first kappa shape index (κ1) is 26.8. The third-order valence-electron chi connectivity index (χ3n) is 6.16. The summed E-state index contributed by atoms with van der Waals surface area (Å²) in [6.07, 6.45) is 3.36. The van der Waals surface area contributed by atoms with Gasteiger partial charge in [-0.05, 0) is 41.5 Å². The SMILES string of the molecule is O=C(NCc1ccc(Cl)cc1)[C@H](Cc1ccccc1)n1cnc(-c2cc(Cl)ccc2N2C=C(Cl)NN2)cc1=O. The molecular formula is C28H23Cl3N6O2. The van der Waals surface area contributed by atoms with Crippen LogP contribution in [-0.2, 0) is 17.8 Å². The van der Waals surface area contributed by atoms with Crippen LogP contribution in [0, 0.1) is 0 Å². The van der Waals surface area contributed by atoms with Gasteiger partial charge in [0, 0.05) is 34.6 Å². The maximum absolute atomic E-state index is 13.5. The number of anilines is 1. The van der Waals surface area contributed by atoms with Gasteiger partial charge in [-0.25, -0.2) is 4.98 Å². The first-order valence-electron chi connectivity index (χ1n) is 12.0. The van der Waals surface area contributed by atoms with Crippen LogP contribution < -0.4 is 26.8 Å². The van der Waals surface area contributed by atoms with Gasteiger partial charge in [0.2, 0.25) is 5.91 Å². The Morgan fingerprint density at radius 3 is 2.36 bits per heavy atom. The zero-order valence-electron chi connectivity index (χ0n) is 20.4. The quantitative estimate of drug-likeness (QED) is 0.248. The summed E-state index contributed by atoms with van der Waals surface area (Å²) in [6.45, 7) is 0.292. The molecule has 1 aromatic heterocycles. The normalized spacial score (nSPS) is 13.5. The lowest BCUT2D eigenvalue weighted by molar-refractivity contribution is -0.124. The molecule has 39 heavy (non-hydrogen) atoms. The fraction of sp³-hybridized carbons (Fsp3) is 0.107. The van der Waals surface area contributed by atoms with Crippen LogP contribution in [0.4, 0.5) is 5.69 Å². The summed E-state index contributed by atoms with van der Waals surface area (Å²) in [5.41, 5.74) is 8.80. The number of carbonyl (C=O) groups excluding carboxylic acids is 1. The van der Waals surface area contributed by atoms with E-state index in [4.69, 9.17) is 34.8 Å². The summed E-state index contributed by atoms with van der Waals surface area (Å²) in [6, 6.07) is 22.5. The number of halogens is 3. The van der Waals surface area contributed by atoms with E-state index in [0.717, 1.165) is 11.1 Å². The molecule has 0 radical (unpaired) electrons. The van der Waals surface area contributed by atoms with Gasteiger partial charge < -0.3 is 5.32 Å². The van der Waals surface area contributed by atoms with E-state index in [1.54, 1.807) is 41.5 Å². The summed E-state index contributed by atoms with van der Waals surface area (Å²) in [5, 5.41) is 6.08. The molecule has 198 valence electrons. The van der Waals surface area contributed by atoms with Crippen molar-refractivity contribution in [3.63, 3.8) is 0 Å². The van der Waals surface area contributed by atoms with E-state index in [0.29, 0.717) is 45.1 Å². The number of hydrogen-bond donors (Lipinski definition) is 3. The molecule has 3 aromatic carbocycles. The van der Waals surface area contributed by atoms with Gasteiger partial charge in [-0.3, -0.25) is 24.6 Å². The maximum Gasteiger partial charge on any atom is 0.254 e. The average Bonchev–Trinajstić information content (AvgIpc) is 3.38. The summed E-state index contributed by atoms with van der Waals surface area (Å²) < 4.78 is 1.35. The number of benzene rings is 3. The Labute approximate surface area is 239 Å². The molecule has 0 unspecified atom stereocenters. The van der Waals surface area contributed by atoms with E-state index < -0.39 is 6.04 Å². The third kappa shape index (κ3) is 6.43. The van der Waals surface area contributed by atoms with Crippen LogP contribution in [0.1, 0.15) is 17.2 Å². The number of hydrazine groups is 2. The molecular weight excluding hydrogens is 559 g/mol. The van der Waals surface area contributed by atoms with Gasteiger partial charge in [-0.15, -0.1) is 5.53 Å². The molecule has 1 atom stereocenters. The first-order valence-corrected chi connectivity index (χ1v) is 13.1. The molecule has 0 aliphatic carbocycles. The Kier molecular flexibility index (Phi) is 8.18. The topological polar surface area (TPSA) is 91.3 Å². The van der Waals surface area contributed by atoms with Crippen molar-refractivity contribution in [3.05, 3.63) is 128 Å². The molecule has 0 spiro atoms. The predicted octanol–water partition coefficient (Wildman–Crippen LogP) is 5.18. The summed E-state index contributed by atoms with van der Waals surface area (Å²) in [4.78, 5) is 31.4. The number of nitrogens with one attached hydrogen (secondary N) is 3. The zero-order chi connectivity index (χ0) is 27.4. The largest absolute Gasteiger partial charge is 0.350 e. The highest BCUT2D eigenvalue weighted by Gasteiger charge is 2.24. The van der Waals surface area contributed by atoms with Crippen LogP contribution >= 0.6 is 34.8 Å². The number of carbonyl (C=O) groups is 1. The van der Waals surface area contributed by atoms with Crippen molar-refractivity contribution in [2.75, 3.05) is 5.01 Å². The second kappa shape index (κ2) is 11.9. The van der Waals surface area contributed by atoms with Crippen LogP contribution in [0.2, 0.25) is 10.0 Å². The Bertz CT molecular complexity index is 1570. The smallest absolute Gasteiger partial charge is 0.254 e. The van der Waals surface area contributed by atoms with Crippen LogP contribution in [0.25, 0.3) is 11.3 Å². The van der Waals surface area contributed by atoms with Crippen LogP contribution in [-0.4, -0.2) is 15.5 Å². The Hall–Kier alpha value is -3.82. The molecule has 8 nitrogen and oxygen atoms in total. The van der Waals surface area contributed by atoms with Gasteiger partial charge in [0.1, 0.15) is 11.2 Å². The molecule has 1 amide bonds. The van der Waals surface area contributed by atoms with Gasteiger partial charge in [-0.2, -0.15) is 0 Å². The molecule has 5 rings (SSSR count). The van der Waals surface area contributed by atoms with Gasteiger partial charge in [0.25, 0.3) is 5.56 Å². The lowest BCUT2D eigenvalue weighted by Crippen LogP contribution is -2.38. The van der Waals surface area contributed by atoms with E-state index in [9.17, 15) is 9.59 Å². The van der Waals surface area contributed by atoms with Gasteiger partial charge in [0.05, 0.1) is 23.9 Å². The second-order valence-corrected chi connectivity index (χ2v) is 10.1. The highest BCUT2D eigenvalue weighted by atomic mass is 35.5. The fourth-order valence-corrected chi connectivity index (χ4v) is 4.64. The number of hydrogen-bond acceptors (Lipinski definition) is 6. The molecule has 1 aliphatic heterocycles. The van der Waals surface area contributed by atoms with Crippen molar-refractivity contribution in [3.8, 4) is 11.3 Å². The van der Waals surface area contributed by atoms with Gasteiger partial charge >= 0.3 is 0 Å². The van der Waals surface area contributed by atoms with Crippen molar-refractivity contribution in [1.82, 2.24) is 25.8 Å². The molecule has 0 saturated heterocycles. The predicted molar refractivity (Wildman–Crippen MR) is 154 cm³/mol. The minimum atomic E-state index is -0.821. The van der Waals surface area contributed by atoms with Gasteiger partial charge in [-0.1, -0.05) is 77.3 Å². The average molecular weight is 582 g/mol. The second-order valence-electron chi connectivity index (χ2n) is 8.81. The van der Waals surface area contributed by atoms with Crippen LogP contribution in [0.5, 0.6) is 0 Å². The molecule has 2 heterocycles. The number of amides is 1.